The molecule has 0 spiro atoms. The minimum Gasteiger partial charge on any atom is -0.374 e. The Bertz CT molecular complexity index is 1340. The second-order valence-corrected chi connectivity index (χ2v) is 9.28. The van der Waals surface area contributed by atoms with Crippen LogP contribution >= 0.6 is 11.6 Å². The standard InChI is InChI=1S/C23H23ClF3N7O3/c24-15-1-2-17-18(9-15)21(36)31-30-20(17)34-7-8-37-16(13-34)10-19(35)32-3-5-33(6-4-32)22-28-11-14(12-29-22)23(25,26)27/h1-2,9,11-12,16H,3-8,10,13H2,(H,31,36). The maximum absolute atomic E-state index is 13.0. The van der Waals surface area contributed by atoms with Crippen LogP contribution in [0.25, 0.3) is 10.8 Å². The van der Waals surface area contributed by atoms with E-state index in [0.717, 1.165) is 12.4 Å². The lowest BCUT2D eigenvalue weighted by Gasteiger charge is -2.37. The van der Waals surface area contributed by atoms with Crippen molar-refractivity contribution in [1.29, 1.82) is 0 Å². The molecule has 0 saturated carbocycles. The average molecular weight is 538 g/mol. The quantitative estimate of drug-likeness (QED) is 0.540. The number of amides is 1. The van der Waals surface area contributed by atoms with E-state index >= 15 is 0 Å². The number of anilines is 2. The third-order valence-corrected chi connectivity index (χ3v) is 6.69. The van der Waals surface area contributed by atoms with Gasteiger partial charge in [-0.05, 0) is 18.2 Å². The van der Waals surface area contributed by atoms with Gasteiger partial charge in [-0.1, -0.05) is 11.6 Å². The van der Waals surface area contributed by atoms with Crippen LogP contribution in [0.3, 0.4) is 0 Å². The topological polar surface area (TPSA) is 108 Å². The first kappa shape index (κ1) is 25.2. The van der Waals surface area contributed by atoms with Gasteiger partial charge in [0, 0.05) is 62.1 Å². The van der Waals surface area contributed by atoms with Crippen LogP contribution in [0.5, 0.6) is 0 Å². The number of ether oxygens (including phenoxy) is 1. The van der Waals surface area contributed by atoms with Crippen molar-refractivity contribution in [2.75, 3.05) is 55.7 Å². The predicted molar refractivity (Wildman–Crippen MR) is 130 cm³/mol. The van der Waals surface area contributed by atoms with Gasteiger partial charge >= 0.3 is 6.18 Å². The highest BCUT2D eigenvalue weighted by molar-refractivity contribution is 6.31. The zero-order chi connectivity index (χ0) is 26.2. The van der Waals surface area contributed by atoms with E-state index in [2.05, 4.69) is 20.2 Å². The van der Waals surface area contributed by atoms with E-state index in [1.54, 1.807) is 28.0 Å². The molecular formula is C23H23ClF3N7O3. The molecule has 1 unspecified atom stereocenters. The highest BCUT2D eigenvalue weighted by atomic mass is 35.5. The average Bonchev–Trinajstić information content (AvgIpc) is 2.89. The van der Waals surface area contributed by atoms with Gasteiger partial charge in [0.15, 0.2) is 5.82 Å². The molecule has 1 atom stereocenters. The van der Waals surface area contributed by atoms with Crippen molar-refractivity contribution in [1.82, 2.24) is 25.1 Å². The Balaban J connectivity index is 1.19. The Morgan fingerprint density at radius 2 is 1.81 bits per heavy atom. The van der Waals surface area contributed by atoms with E-state index in [4.69, 9.17) is 16.3 Å². The van der Waals surface area contributed by atoms with Crippen LogP contribution in [-0.2, 0) is 15.7 Å². The zero-order valence-electron chi connectivity index (χ0n) is 19.5. The number of aromatic nitrogens is 4. The summed E-state index contributed by atoms with van der Waals surface area (Å²) in [6.45, 7) is 2.97. The van der Waals surface area contributed by atoms with Gasteiger partial charge in [0.25, 0.3) is 5.56 Å². The summed E-state index contributed by atoms with van der Waals surface area (Å²) in [6, 6.07) is 5.05. The van der Waals surface area contributed by atoms with Gasteiger partial charge in [0.05, 0.1) is 30.1 Å². The number of carbonyl (C=O) groups excluding carboxylic acids is 1. The molecule has 4 heterocycles. The van der Waals surface area contributed by atoms with Crippen LogP contribution in [0.15, 0.2) is 35.4 Å². The number of nitrogens with one attached hydrogen (secondary N) is 1. The molecule has 5 rings (SSSR count). The molecule has 1 amide bonds. The monoisotopic (exact) mass is 537 g/mol. The molecule has 14 heteroatoms. The summed E-state index contributed by atoms with van der Waals surface area (Å²) in [7, 11) is 0. The number of nitrogens with zero attached hydrogens (tertiary/aromatic N) is 6. The second-order valence-electron chi connectivity index (χ2n) is 8.85. The van der Waals surface area contributed by atoms with Gasteiger partial charge in [-0.15, -0.1) is 0 Å². The van der Waals surface area contributed by atoms with Gasteiger partial charge in [0.2, 0.25) is 11.9 Å². The SMILES string of the molecule is O=C(CC1CN(c2n[nH]c(=O)c3cc(Cl)ccc23)CCO1)N1CCN(c2ncc(C(F)(F)F)cn2)CC1. The number of aromatic amines is 1. The minimum absolute atomic E-state index is 0.0779. The van der Waals surface area contributed by atoms with Crippen molar-refractivity contribution in [2.45, 2.75) is 18.7 Å². The van der Waals surface area contributed by atoms with Crippen LogP contribution < -0.4 is 15.4 Å². The van der Waals surface area contributed by atoms with Gasteiger partial charge in [-0.2, -0.15) is 18.3 Å². The fraction of sp³-hybridized carbons (Fsp3) is 0.435. The number of carbonyl (C=O) groups is 1. The van der Waals surface area contributed by atoms with E-state index in [1.807, 2.05) is 4.90 Å². The second kappa shape index (κ2) is 10.1. The summed E-state index contributed by atoms with van der Waals surface area (Å²) in [4.78, 5) is 38.3. The van der Waals surface area contributed by atoms with Crippen LogP contribution in [0, 0.1) is 0 Å². The Kier molecular flexibility index (Phi) is 6.90. The molecule has 2 aliphatic heterocycles. The molecule has 2 aliphatic rings. The number of halogens is 4. The molecule has 0 aliphatic carbocycles. The van der Waals surface area contributed by atoms with Crippen molar-refractivity contribution >= 4 is 40.0 Å². The Hall–Kier alpha value is -3.45. The van der Waals surface area contributed by atoms with Crippen molar-refractivity contribution < 1.29 is 22.7 Å². The van der Waals surface area contributed by atoms with Crippen LogP contribution in [-0.4, -0.2) is 83.0 Å². The molecule has 3 aromatic rings. The van der Waals surface area contributed by atoms with Gasteiger partial charge < -0.3 is 19.4 Å². The lowest BCUT2D eigenvalue weighted by Crippen LogP contribution is -2.51. The molecule has 37 heavy (non-hydrogen) atoms. The van der Waals surface area contributed by atoms with Crippen LogP contribution in [0.4, 0.5) is 24.9 Å². The van der Waals surface area contributed by atoms with Crippen molar-refractivity contribution in [3.8, 4) is 0 Å². The third kappa shape index (κ3) is 5.47. The largest absolute Gasteiger partial charge is 0.419 e. The molecule has 0 bridgehead atoms. The normalized spacial score (nSPS) is 18.9. The highest BCUT2D eigenvalue weighted by Crippen LogP contribution is 2.29. The van der Waals surface area contributed by atoms with E-state index in [1.165, 1.54) is 0 Å². The summed E-state index contributed by atoms with van der Waals surface area (Å²) in [5, 5.41) is 8.30. The van der Waals surface area contributed by atoms with Gasteiger partial charge in [-0.25, -0.2) is 15.1 Å². The predicted octanol–water partition coefficient (Wildman–Crippen LogP) is 2.33. The molecule has 196 valence electrons. The first-order valence-corrected chi connectivity index (χ1v) is 12.0. The van der Waals surface area contributed by atoms with Crippen LogP contribution in [0.2, 0.25) is 5.02 Å². The molecular weight excluding hydrogens is 515 g/mol. The number of piperazine rings is 1. The van der Waals surface area contributed by atoms with Crippen LogP contribution in [0.1, 0.15) is 12.0 Å². The molecule has 10 nitrogen and oxygen atoms in total. The molecule has 2 saturated heterocycles. The number of hydrogen-bond donors (Lipinski definition) is 1. The number of hydrogen-bond acceptors (Lipinski definition) is 8. The number of fused-ring (bicyclic) bond motifs is 1. The summed E-state index contributed by atoms with van der Waals surface area (Å²) >= 11 is 6.05. The van der Waals surface area contributed by atoms with Gasteiger partial charge in [0.1, 0.15) is 0 Å². The minimum atomic E-state index is -4.49. The van der Waals surface area contributed by atoms with Gasteiger partial charge in [-0.3, -0.25) is 9.59 Å². The number of morpholine rings is 1. The maximum atomic E-state index is 13.0. The fourth-order valence-corrected chi connectivity index (χ4v) is 4.68. The summed E-state index contributed by atoms with van der Waals surface area (Å²) < 4.78 is 44.1. The molecule has 0 radical (unpaired) electrons. The summed E-state index contributed by atoms with van der Waals surface area (Å²) in [5.41, 5.74) is -1.23. The highest BCUT2D eigenvalue weighted by Gasteiger charge is 2.32. The number of rotatable bonds is 4. The molecule has 1 N–H and O–H groups in total. The Morgan fingerprint density at radius 3 is 2.51 bits per heavy atom. The van der Waals surface area contributed by atoms with Crippen molar-refractivity contribution in [3.05, 3.63) is 51.5 Å². The van der Waals surface area contributed by atoms with E-state index in [0.29, 0.717) is 67.5 Å². The maximum Gasteiger partial charge on any atom is 0.419 e. The molecule has 2 aromatic heterocycles. The fourth-order valence-electron chi connectivity index (χ4n) is 4.51. The van der Waals surface area contributed by atoms with Crippen molar-refractivity contribution in [2.24, 2.45) is 0 Å². The van der Waals surface area contributed by atoms with E-state index < -0.39 is 11.7 Å². The smallest absolute Gasteiger partial charge is 0.374 e. The Labute approximate surface area is 214 Å². The molecule has 1 aromatic carbocycles. The number of H-pyrrole nitrogens is 1. The number of benzene rings is 1. The van der Waals surface area contributed by atoms with E-state index in [9.17, 15) is 22.8 Å². The number of alkyl halides is 3. The van der Waals surface area contributed by atoms with E-state index in [-0.39, 0.29) is 29.9 Å². The zero-order valence-corrected chi connectivity index (χ0v) is 20.3. The Morgan fingerprint density at radius 1 is 1.08 bits per heavy atom. The summed E-state index contributed by atoms with van der Waals surface area (Å²) in [6.07, 6.45) is -3.16. The van der Waals surface area contributed by atoms with Crippen molar-refractivity contribution in [3.63, 3.8) is 0 Å². The lowest BCUT2D eigenvalue weighted by molar-refractivity contribution is -0.138. The lowest BCUT2D eigenvalue weighted by atomic mass is 10.1. The summed E-state index contributed by atoms with van der Waals surface area (Å²) in [5.74, 6) is 0.719. The third-order valence-electron chi connectivity index (χ3n) is 6.45. The first-order valence-electron chi connectivity index (χ1n) is 11.7. The first-order chi connectivity index (χ1) is 17.7. The molecule has 2 fully saturated rings.